The first kappa shape index (κ1) is 37.7. The predicted octanol–water partition coefficient (Wildman–Crippen LogP) is 9.43. The summed E-state index contributed by atoms with van der Waals surface area (Å²) in [5.74, 6) is 0.459. The zero-order valence-corrected chi connectivity index (χ0v) is 30.6. The van der Waals surface area contributed by atoms with Gasteiger partial charge in [-0.3, -0.25) is 0 Å². The molecule has 0 N–H and O–H groups in total. The minimum atomic E-state index is -0.553. The fourth-order valence-electron chi connectivity index (χ4n) is 6.14. The van der Waals surface area contributed by atoms with Crippen LogP contribution in [0.5, 0.6) is 23.0 Å². The Morgan fingerprint density at radius 3 is 2.02 bits per heavy atom. The Morgan fingerprint density at radius 2 is 1.33 bits per heavy atom. The van der Waals surface area contributed by atoms with E-state index in [1.54, 1.807) is 56.5 Å². The van der Waals surface area contributed by atoms with Gasteiger partial charge >= 0.3 is 17.6 Å². The van der Waals surface area contributed by atoms with Gasteiger partial charge in [0.2, 0.25) is 0 Å². The summed E-state index contributed by atoms with van der Waals surface area (Å²) in [6.45, 7) is 10.9. The first-order chi connectivity index (χ1) is 26.6. The Labute approximate surface area is 318 Å². The van der Waals surface area contributed by atoms with Gasteiger partial charge in [-0.15, -0.1) is 0 Å². The number of carbonyl (C=O) groups excluding carboxylic acids is 3. The highest BCUT2D eigenvalue weighted by Gasteiger charge is 2.19. The molecule has 0 aliphatic heterocycles. The van der Waals surface area contributed by atoms with Crippen LogP contribution in [-0.4, -0.2) is 31.9 Å². The first-order valence-electron chi connectivity index (χ1n) is 17.6. The molecule has 5 aromatic carbocycles. The number of aryl methyl sites for hydroxylation is 1. The second-order valence-corrected chi connectivity index (χ2v) is 12.7. The lowest BCUT2D eigenvalue weighted by molar-refractivity contribution is -0.129. The number of hydrogen-bond acceptors (Lipinski definition) is 9. The van der Waals surface area contributed by atoms with E-state index in [4.69, 9.17) is 23.4 Å². The highest BCUT2D eigenvalue weighted by Crippen LogP contribution is 2.43. The topological polar surface area (TPSA) is 118 Å². The van der Waals surface area contributed by atoms with Crippen LogP contribution < -0.4 is 24.6 Å². The quantitative estimate of drug-likeness (QED) is 0.0355. The summed E-state index contributed by atoms with van der Waals surface area (Å²) in [6, 6.07) is 31.2. The van der Waals surface area contributed by atoms with E-state index in [9.17, 15) is 19.2 Å². The molecule has 0 spiro atoms. The molecule has 0 saturated carbocycles. The molecule has 0 amide bonds. The number of benzene rings is 5. The van der Waals surface area contributed by atoms with Gasteiger partial charge < -0.3 is 28.2 Å². The Bertz CT molecular complexity index is 2490. The smallest absolute Gasteiger partial charge is 0.344 e. The van der Waals surface area contributed by atoms with Crippen molar-refractivity contribution in [3.8, 4) is 67.5 Å². The molecule has 1 unspecified atom stereocenters. The van der Waals surface area contributed by atoms with Gasteiger partial charge in [-0.2, -0.15) is 0 Å². The van der Waals surface area contributed by atoms with Crippen molar-refractivity contribution < 1.29 is 37.7 Å². The molecule has 1 heterocycles. The van der Waals surface area contributed by atoms with Gasteiger partial charge in [-0.25, -0.2) is 14.4 Å². The van der Waals surface area contributed by atoms with E-state index in [0.29, 0.717) is 57.1 Å². The highest BCUT2D eigenvalue weighted by atomic mass is 16.5. The van der Waals surface area contributed by atoms with Gasteiger partial charge in [0.25, 0.3) is 0 Å². The van der Waals surface area contributed by atoms with Crippen LogP contribution in [0.4, 0.5) is 0 Å². The number of fused-ring (bicyclic) bond motifs is 1. The van der Waals surface area contributed by atoms with Crippen LogP contribution in [0.15, 0.2) is 138 Å². The summed E-state index contributed by atoms with van der Waals surface area (Å²) in [7, 11) is 1.59. The lowest BCUT2D eigenvalue weighted by Crippen LogP contribution is -2.09. The third kappa shape index (κ3) is 8.47. The van der Waals surface area contributed by atoms with E-state index in [-0.39, 0.29) is 12.5 Å². The lowest BCUT2D eigenvalue weighted by Gasteiger charge is -2.19. The van der Waals surface area contributed by atoms with E-state index in [1.807, 2.05) is 67.6 Å². The second-order valence-electron chi connectivity index (χ2n) is 12.7. The number of methoxy groups -OCH3 is 1. The average Bonchev–Trinajstić information content (AvgIpc) is 3.22. The molecule has 0 aliphatic rings. The maximum atomic E-state index is 13.6. The maximum absolute atomic E-state index is 13.6. The number of ether oxygens (including phenoxy) is 4. The van der Waals surface area contributed by atoms with Gasteiger partial charge in [0.15, 0.2) is 0 Å². The molecule has 0 radical (unpaired) electrons. The second kappa shape index (κ2) is 16.8. The number of rotatable bonds is 14. The molecular formula is C46H38O9. The maximum Gasteiger partial charge on any atom is 0.344 e. The van der Waals surface area contributed by atoms with Crippen molar-refractivity contribution in [2.24, 2.45) is 5.92 Å². The molecule has 9 heteroatoms. The first-order valence-corrected chi connectivity index (χ1v) is 17.6. The van der Waals surface area contributed by atoms with Crippen LogP contribution in [0.25, 0.3) is 55.5 Å². The van der Waals surface area contributed by atoms with Crippen molar-refractivity contribution in [2.45, 2.75) is 20.3 Å². The van der Waals surface area contributed by atoms with Crippen molar-refractivity contribution in [3.63, 3.8) is 0 Å². The monoisotopic (exact) mass is 734 g/mol. The predicted molar refractivity (Wildman–Crippen MR) is 213 cm³/mol. The molecule has 276 valence electrons. The highest BCUT2D eigenvalue weighted by molar-refractivity contribution is 5.93. The van der Waals surface area contributed by atoms with Crippen molar-refractivity contribution >= 4 is 29.2 Å². The SMILES string of the molecule is C=CC(=O)Oc1ccc(-c2ccc(-c3ccc(OC(=O)C=C)cc3CC)c(-c3cc(-c4cc5ccc(OCC(C)C=O)cc5oc4=O)ccc3OC)c2)cc1. The number of esters is 2. The van der Waals surface area contributed by atoms with E-state index >= 15 is 0 Å². The molecule has 0 saturated heterocycles. The Hall–Kier alpha value is -7.00. The summed E-state index contributed by atoms with van der Waals surface area (Å²) in [5.41, 5.74) is 6.75. The van der Waals surface area contributed by atoms with Gasteiger partial charge in [0.05, 0.1) is 19.3 Å². The molecule has 9 nitrogen and oxygen atoms in total. The van der Waals surface area contributed by atoms with Crippen molar-refractivity contribution in [2.75, 3.05) is 13.7 Å². The standard InChI is InChI=1S/C46H38O9/c1-6-29-21-36(54-45(49)8-3)17-19-37(29)38-18-12-31(30-9-14-34(15-10-30)53-44(48)7-2)22-40(38)41-23-32(13-20-42(41)51-5)39-24-33-11-16-35(52-27-28(4)26-47)25-43(33)55-46(39)50/h7-26,28H,2-3,6,27H2,1,4-5H3. The van der Waals surface area contributed by atoms with E-state index in [0.717, 1.165) is 51.8 Å². The molecule has 6 rings (SSSR count). The Balaban J connectivity index is 1.50. The summed E-state index contributed by atoms with van der Waals surface area (Å²) >= 11 is 0. The molecule has 0 aliphatic carbocycles. The Kier molecular flexibility index (Phi) is 11.5. The van der Waals surface area contributed by atoms with Gasteiger partial charge in [-0.05, 0) is 106 Å². The number of hydrogen-bond donors (Lipinski definition) is 0. The fourth-order valence-corrected chi connectivity index (χ4v) is 6.14. The van der Waals surface area contributed by atoms with Crippen molar-refractivity contribution in [1.82, 2.24) is 0 Å². The summed E-state index contributed by atoms with van der Waals surface area (Å²) in [5, 5.41) is 0.692. The van der Waals surface area contributed by atoms with Gasteiger partial charge in [0.1, 0.15) is 34.9 Å². The van der Waals surface area contributed by atoms with Crippen LogP contribution in [0.3, 0.4) is 0 Å². The van der Waals surface area contributed by atoms with Crippen LogP contribution in [0.2, 0.25) is 0 Å². The average molecular weight is 735 g/mol. The van der Waals surface area contributed by atoms with Gasteiger partial charge in [0, 0.05) is 35.1 Å². The normalized spacial score (nSPS) is 11.3. The minimum absolute atomic E-state index is 0.207. The third-order valence-electron chi connectivity index (χ3n) is 8.98. The van der Waals surface area contributed by atoms with Crippen molar-refractivity contribution in [3.05, 3.63) is 144 Å². The van der Waals surface area contributed by atoms with Crippen LogP contribution in [0, 0.1) is 5.92 Å². The summed E-state index contributed by atoms with van der Waals surface area (Å²) in [6.07, 6.45) is 3.68. The fraction of sp³-hybridized carbons (Fsp3) is 0.130. The van der Waals surface area contributed by atoms with Crippen LogP contribution in [0.1, 0.15) is 19.4 Å². The third-order valence-corrected chi connectivity index (χ3v) is 8.98. The van der Waals surface area contributed by atoms with Crippen LogP contribution >= 0.6 is 0 Å². The van der Waals surface area contributed by atoms with E-state index in [2.05, 4.69) is 13.2 Å². The molecule has 6 aromatic rings. The van der Waals surface area contributed by atoms with Gasteiger partial charge in [-0.1, -0.05) is 63.4 Å². The summed E-state index contributed by atoms with van der Waals surface area (Å²) in [4.78, 5) is 48.4. The zero-order chi connectivity index (χ0) is 39.1. The minimum Gasteiger partial charge on any atom is -0.496 e. The van der Waals surface area contributed by atoms with Crippen LogP contribution in [-0.2, 0) is 20.8 Å². The van der Waals surface area contributed by atoms with Crippen molar-refractivity contribution in [1.29, 1.82) is 0 Å². The van der Waals surface area contributed by atoms with E-state index in [1.165, 1.54) is 0 Å². The molecular weight excluding hydrogens is 696 g/mol. The number of aldehydes is 1. The molecule has 0 fully saturated rings. The van der Waals surface area contributed by atoms with E-state index < -0.39 is 17.6 Å². The lowest BCUT2D eigenvalue weighted by atomic mass is 9.87. The molecule has 1 aromatic heterocycles. The Morgan fingerprint density at radius 1 is 0.691 bits per heavy atom. The molecule has 0 bridgehead atoms. The molecule has 55 heavy (non-hydrogen) atoms. The molecule has 1 atom stereocenters. The largest absolute Gasteiger partial charge is 0.496 e. The zero-order valence-electron chi connectivity index (χ0n) is 30.6. The summed E-state index contributed by atoms with van der Waals surface area (Å²) < 4.78 is 28.1. The number of carbonyl (C=O) groups is 3.